The first-order chi connectivity index (χ1) is 21.8. The number of ether oxygens (including phenoxy) is 5. The van der Waals surface area contributed by atoms with Crippen LogP contribution in [0.25, 0.3) is 0 Å². The molecule has 46 heavy (non-hydrogen) atoms. The highest BCUT2D eigenvalue weighted by Crippen LogP contribution is 2.35. The number of Topliss-reactive ketones (excluding diaryl/α,β-unsaturated/α-hetero) is 1. The summed E-state index contributed by atoms with van der Waals surface area (Å²) in [7, 11) is 1.50. The van der Waals surface area contributed by atoms with Gasteiger partial charge >= 0.3 is 12.2 Å². The molecule has 4 rings (SSSR count). The molecule has 0 spiro atoms. The Balaban J connectivity index is 1.45. The van der Waals surface area contributed by atoms with Crippen molar-refractivity contribution >= 4 is 18.0 Å². The van der Waals surface area contributed by atoms with Crippen molar-refractivity contribution in [2.45, 2.75) is 71.1 Å². The molecule has 0 aromatic heterocycles. The van der Waals surface area contributed by atoms with Gasteiger partial charge in [0, 0.05) is 5.56 Å². The average molecular weight is 635 g/mol. The van der Waals surface area contributed by atoms with Crippen LogP contribution in [0.15, 0.2) is 72.8 Å². The predicted octanol–water partition coefficient (Wildman–Crippen LogP) is 5.87. The summed E-state index contributed by atoms with van der Waals surface area (Å²) in [5.74, 6) is 0.850. The van der Waals surface area contributed by atoms with Gasteiger partial charge in [0.05, 0.1) is 26.4 Å². The zero-order chi connectivity index (χ0) is 33.5. The van der Waals surface area contributed by atoms with Crippen LogP contribution >= 0.6 is 0 Å². The van der Waals surface area contributed by atoms with Gasteiger partial charge in [-0.25, -0.2) is 9.59 Å². The highest BCUT2D eigenvalue weighted by molar-refractivity contribution is 6.02. The van der Waals surface area contributed by atoms with Gasteiger partial charge in [-0.05, 0) is 82.5 Å². The molecule has 0 bridgehead atoms. The van der Waals surface area contributed by atoms with E-state index in [2.05, 4.69) is 5.32 Å². The highest BCUT2D eigenvalue weighted by Gasteiger charge is 2.48. The molecule has 1 heterocycles. The number of aliphatic hydroxyl groups is 1. The van der Waals surface area contributed by atoms with E-state index in [1.807, 2.05) is 42.5 Å². The predicted molar refractivity (Wildman–Crippen MR) is 170 cm³/mol. The maximum atomic E-state index is 13.8. The van der Waals surface area contributed by atoms with Crippen molar-refractivity contribution in [3.05, 3.63) is 89.5 Å². The number of benzene rings is 3. The van der Waals surface area contributed by atoms with Crippen molar-refractivity contribution in [3.63, 3.8) is 0 Å². The molecule has 1 aliphatic rings. The number of methoxy groups -OCH3 is 1. The number of carbonyl (C=O) groups is 3. The van der Waals surface area contributed by atoms with Crippen LogP contribution in [0.3, 0.4) is 0 Å². The Morgan fingerprint density at radius 3 is 2.33 bits per heavy atom. The minimum atomic E-state index is -1.06. The normalized spacial score (nSPS) is 16.3. The molecule has 1 saturated heterocycles. The summed E-state index contributed by atoms with van der Waals surface area (Å²) in [6, 6.07) is 19.8. The number of hydrogen-bond acceptors (Lipinski definition) is 9. The fraction of sp³-hybridized carbons (Fsp3) is 0.400. The molecule has 3 aromatic carbocycles. The molecular weight excluding hydrogens is 592 g/mol. The van der Waals surface area contributed by atoms with Crippen molar-refractivity contribution in [2.75, 3.05) is 20.3 Å². The molecule has 2 atom stereocenters. The number of alkyl carbamates (subject to hydrolysis) is 1. The Hall–Kier alpha value is -4.61. The van der Waals surface area contributed by atoms with Crippen LogP contribution in [0, 0.1) is 0 Å². The summed E-state index contributed by atoms with van der Waals surface area (Å²) in [4.78, 5) is 40.4. The van der Waals surface area contributed by atoms with Gasteiger partial charge in [0.2, 0.25) is 0 Å². The largest absolute Gasteiger partial charge is 0.493 e. The number of hydrogen-bond donors (Lipinski definition) is 2. The van der Waals surface area contributed by atoms with E-state index in [0.29, 0.717) is 29.2 Å². The molecule has 0 saturated carbocycles. The minimum absolute atomic E-state index is 0.00751. The zero-order valence-electron chi connectivity index (χ0n) is 27.1. The van der Waals surface area contributed by atoms with E-state index in [4.69, 9.17) is 23.7 Å². The van der Waals surface area contributed by atoms with Gasteiger partial charge in [-0.3, -0.25) is 9.69 Å². The third-order valence-electron chi connectivity index (χ3n) is 7.21. The monoisotopic (exact) mass is 634 g/mol. The van der Waals surface area contributed by atoms with Gasteiger partial charge in [0.15, 0.2) is 17.3 Å². The smallest absolute Gasteiger partial charge is 0.413 e. The number of aliphatic hydroxyl groups excluding tert-OH is 1. The third kappa shape index (κ3) is 8.98. The molecule has 11 heteroatoms. The van der Waals surface area contributed by atoms with Gasteiger partial charge < -0.3 is 34.1 Å². The van der Waals surface area contributed by atoms with Crippen LogP contribution in [0.2, 0.25) is 0 Å². The Kier molecular flexibility index (Phi) is 10.9. The maximum absolute atomic E-state index is 13.8. The van der Waals surface area contributed by atoms with E-state index in [0.717, 1.165) is 11.1 Å². The number of ketones is 1. The number of nitrogens with one attached hydrogen (secondary N) is 1. The second-order valence-corrected chi connectivity index (χ2v) is 12.4. The topological polar surface area (TPSA) is 133 Å². The van der Waals surface area contributed by atoms with E-state index in [-0.39, 0.29) is 25.6 Å². The SMILES string of the molecule is COc1ccc(C(=O)[C@H]2COC(C)(C)N2C(=O)OCc2ccccc2)cc1Oc1ccc(C[C@@H](CO)NC(=O)OC(C)(C)C)cc1. The number of amides is 2. The van der Waals surface area contributed by atoms with E-state index in [1.165, 1.54) is 12.0 Å². The second kappa shape index (κ2) is 14.7. The standard InChI is InChI=1S/C35H42N2O9/c1-34(2,3)46-32(40)36-26(20-38)18-23-12-15-27(16-13-23)45-30-19-25(14-17-29(30)42-6)31(39)28-22-44-35(4,5)37(28)33(41)43-21-24-10-8-7-9-11-24/h7-17,19,26,28,38H,18,20-22H2,1-6H3,(H,36,40)/t26-,28+/m0/s1. The Labute approximate surface area is 269 Å². The summed E-state index contributed by atoms with van der Waals surface area (Å²) in [5.41, 5.74) is 0.271. The van der Waals surface area contributed by atoms with E-state index < -0.39 is 35.6 Å². The van der Waals surface area contributed by atoms with Crippen molar-refractivity contribution < 1.29 is 43.2 Å². The summed E-state index contributed by atoms with van der Waals surface area (Å²) >= 11 is 0. The molecule has 2 amide bonds. The Morgan fingerprint density at radius 2 is 1.70 bits per heavy atom. The van der Waals surface area contributed by atoms with E-state index in [1.54, 1.807) is 65.0 Å². The van der Waals surface area contributed by atoms with Crippen molar-refractivity contribution in [3.8, 4) is 17.2 Å². The summed E-state index contributed by atoms with van der Waals surface area (Å²) in [6.45, 7) is 8.54. The minimum Gasteiger partial charge on any atom is -0.493 e. The number of rotatable bonds is 11. The molecule has 0 unspecified atom stereocenters. The van der Waals surface area contributed by atoms with Crippen LogP contribution in [0.4, 0.5) is 9.59 Å². The van der Waals surface area contributed by atoms with Crippen LogP contribution in [0.1, 0.15) is 56.1 Å². The maximum Gasteiger partial charge on any atom is 0.413 e. The molecule has 11 nitrogen and oxygen atoms in total. The van der Waals surface area contributed by atoms with Crippen molar-refractivity contribution in [1.29, 1.82) is 0 Å². The molecule has 246 valence electrons. The summed E-state index contributed by atoms with van der Waals surface area (Å²) in [6.07, 6.45) is -0.889. The fourth-order valence-corrected chi connectivity index (χ4v) is 4.97. The lowest BCUT2D eigenvalue weighted by Crippen LogP contribution is -2.50. The summed E-state index contributed by atoms with van der Waals surface area (Å²) < 4.78 is 28.3. The Bertz CT molecular complexity index is 1500. The van der Waals surface area contributed by atoms with Gasteiger partial charge in [-0.15, -0.1) is 0 Å². The first-order valence-corrected chi connectivity index (χ1v) is 15.0. The third-order valence-corrected chi connectivity index (χ3v) is 7.21. The van der Waals surface area contributed by atoms with E-state index >= 15 is 0 Å². The number of carbonyl (C=O) groups excluding carboxylic acids is 3. The fourth-order valence-electron chi connectivity index (χ4n) is 4.97. The first-order valence-electron chi connectivity index (χ1n) is 15.0. The van der Waals surface area contributed by atoms with Gasteiger partial charge in [-0.1, -0.05) is 42.5 Å². The van der Waals surface area contributed by atoms with Gasteiger partial charge in [0.25, 0.3) is 0 Å². The first kappa shape index (κ1) is 34.3. The lowest BCUT2D eigenvalue weighted by molar-refractivity contribution is -0.0485. The van der Waals surface area contributed by atoms with Crippen LogP contribution in [-0.2, 0) is 27.2 Å². The number of nitrogens with zero attached hydrogens (tertiary/aromatic N) is 1. The highest BCUT2D eigenvalue weighted by atomic mass is 16.6. The van der Waals surface area contributed by atoms with E-state index in [9.17, 15) is 19.5 Å². The van der Waals surface area contributed by atoms with Gasteiger partial charge in [-0.2, -0.15) is 0 Å². The van der Waals surface area contributed by atoms with Crippen LogP contribution in [-0.4, -0.2) is 71.7 Å². The van der Waals surface area contributed by atoms with Crippen LogP contribution in [0.5, 0.6) is 17.2 Å². The van der Waals surface area contributed by atoms with Crippen LogP contribution < -0.4 is 14.8 Å². The quantitative estimate of drug-likeness (QED) is 0.249. The molecular formula is C35H42N2O9. The van der Waals surface area contributed by atoms with Crippen molar-refractivity contribution in [1.82, 2.24) is 10.2 Å². The lowest BCUT2D eigenvalue weighted by Gasteiger charge is -2.32. The van der Waals surface area contributed by atoms with Gasteiger partial charge in [0.1, 0.15) is 29.7 Å². The molecule has 3 aromatic rings. The molecule has 1 fully saturated rings. The second-order valence-electron chi connectivity index (χ2n) is 12.4. The molecule has 1 aliphatic heterocycles. The Morgan fingerprint density at radius 1 is 1.00 bits per heavy atom. The molecule has 0 aliphatic carbocycles. The van der Waals surface area contributed by atoms with Crippen molar-refractivity contribution in [2.24, 2.45) is 0 Å². The summed E-state index contributed by atoms with van der Waals surface area (Å²) in [5, 5.41) is 12.4. The molecule has 0 radical (unpaired) electrons. The average Bonchev–Trinajstić information content (AvgIpc) is 3.34. The molecule has 2 N–H and O–H groups in total. The zero-order valence-corrected chi connectivity index (χ0v) is 27.1. The lowest BCUT2D eigenvalue weighted by atomic mass is 10.0.